The van der Waals surface area contributed by atoms with Gasteiger partial charge in [0.15, 0.2) is 5.78 Å². The first-order valence-electron chi connectivity index (χ1n) is 8.36. The topological polar surface area (TPSA) is 69.4 Å². The molecule has 5 heteroatoms. The minimum absolute atomic E-state index is 0.0431. The van der Waals surface area contributed by atoms with E-state index in [1.165, 1.54) is 18.2 Å². The molecule has 0 atom stereocenters. The van der Waals surface area contributed by atoms with Crippen molar-refractivity contribution in [2.75, 3.05) is 0 Å². The first-order valence-corrected chi connectivity index (χ1v) is 8.36. The van der Waals surface area contributed by atoms with Gasteiger partial charge in [-0.3, -0.25) is 14.9 Å². The van der Waals surface area contributed by atoms with E-state index < -0.39 is 4.92 Å². The Labute approximate surface area is 156 Å². The van der Waals surface area contributed by atoms with E-state index in [1.54, 1.807) is 30.3 Å². The van der Waals surface area contributed by atoms with Crippen LogP contribution >= 0.6 is 0 Å². The summed E-state index contributed by atoms with van der Waals surface area (Å²) in [5.74, 6) is 0.550. The van der Waals surface area contributed by atoms with E-state index >= 15 is 0 Å². The summed E-state index contributed by atoms with van der Waals surface area (Å²) in [7, 11) is 0. The van der Waals surface area contributed by atoms with Crippen molar-refractivity contribution in [3.63, 3.8) is 0 Å². The lowest BCUT2D eigenvalue weighted by Crippen LogP contribution is -1.98. The number of nitro groups is 1. The number of hydrogen-bond donors (Lipinski definition) is 0. The number of para-hydroxylation sites is 1. The second kappa shape index (κ2) is 8.58. The smallest absolute Gasteiger partial charge is 0.269 e. The molecule has 0 spiro atoms. The molecule has 0 aliphatic heterocycles. The van der Waals surface area contributed by atoms with Gasteiger partial charge in [0, 0.05) is 23.3 Å². The summed E-state index contributed by atoms with van der Waals surface area (Å²) in [5, 5.41) is 10.7. The van der Waals surface area contributed by atoms with Crippen LogP contribution in [0.15, 0.2) is 84.9 Å². The third-order valence-electron chi connectivity index (χ3n) is 3.93. The molecule has 0 unspecified atom stereocenters. The largest absolute Gasteiger partial charge is 0.488 e. The molecule has 134 valence electrons. The lowest BCUT2D eigenvalue weighted by atomic mass is 10.1. The number of ether oxygens (including phenoxy) is 1. The minimum atomic E-state index is -0.436. The number of nitrogens with zero attached hydrogens (tertiary/aromatic N) is 1. The number of rotatable bonds is 7. The van der Waals surface area contributed by atoms with Crippen LogP contribution in [0.2, 0.25) is 0 Å². The molecule has 5 nitrogen and oxygen atoms in total. The van der Waals surface area contributed by atoms with E-state index in [4.69, 9.17) is 4.74 Å². The number of carbonyl (C=O) groups excluding carboxylic acids is 1. The molecule has 3 aromatic rings. The van der Waals surface area contributed by atoms with Gasteiger partial charge >= 0.3 is 0 Å². The second-order valence-electron chi connectivity index (χ2n) is 5.81. The monoisotopic (exact) mass is 359 g/mol. The molecule has 0 fully saturated rings. The van der Waals surface area contributed by atoms with Crippen molar-refractivity contribution in [3.8, 4) is 5.75 Å². The van der Waals surface area contributed by atoms with Crippen LogP contribution < -0.4 is 4.74 Å². The van der Waals surface area contributed by atoms with Crippen LogP contribution in [-0.4, -0.2) is 10.7 Å². The normalized spacial score (nSPS) is 10.7. The van der Waals surface area contributed by atoms with Gasteiger partial charge in [0.1, 0.15) is 12.4 Å². The van der Waals surface area contributed by atoms with E-state index in [2.05, 4.69) is 0 Å². The van der Waals surface area contributed by atoms with Gasteiger partial charge in [0.05, 0.1) is 4.92 Å². The summed E-state index contributed by atoms with van der Waals surface area (Å²) >= 11 is 0. The van der Waals surface area contributed by atoms with Crippen molar-refractivity contribution in [1.82, 2.24) is 0 Å². The van der Waals surface area contributed by atoms with Gasteiger partial charge in [0.2, 0.25) is 0 Å². The molecular formula is C22H17NO4. The van der Waals surface area contributed by atoms with Crippen molar-refractivity contribution in [2.24, 2.45) is 0 Å². The fraction of sp³-hybridized carbons (Fsp3) is 0.0455. The van der Waals surface area contributed by atoms with Gasteiger partial charge in [-0.25, -0.2) is 0 Å². The summed E-state index contributed by atoms with van der Waals surface area (Å²) in [6.45, 7) is 0.273. The quantitative estimate of drug-likeness (QED) is 0.256. The molecule has 0 heterocycles. The maximum absolute atomic E-state index is 12.2. The predicted octanol–water partition coefficient (Wildman–Crippen LogP) is 5.07. The highest BCUT2D eigenvalue weighted by Crippen LogP contribution is 2.22. The van der Waals surface area contributed by atoms with Crippen LogP contribution in [0.4, 0.5) is 5.69 Å². The zero-order valence-electron chi connectivity index (χ0n) is 14.4. The van der Waals surface area contributed by atoms with Gasteiger partial charge in [-0.2, -0.15) is 0 Å². The first-order chi connectivity index (χ1) is 13.1. The van der Waals surface area contributed by atoms with Crippen molar-refractivity contribution in [1.29, 1.82) is 0 Å². The molecule has 0 radical (unpaired) electrons. The fourth-order valence-electron chi connectivity index (χ4n) is 2.49. The van der Waals surface area contributed by atoms with Gasteiger partial charge in [-0.1, -0.05) is 48.5 Å². The molecule has 0 aliphatic rings. The Balaban J connectivity index is 1.69. The number of allylic oxidation sites excluding steroid dienone is 1. The molecule has 3 rings (SSSR count). The molecule has 0 aliphatic carbocycles. The van der Waals surface area contributed by atoms with Gasteiger partial charge < -0.3 is 4.74 Å². The highest BCUT2D eigenvalue weighted by atomic mass is 16.6. The van der Waals surface area contributed by atoms with E-state index in [-0.39, 0.29) is 18.1 Å². The lowest BCUT2D eigenvalue weighted by Gasteiger charge is -2.09. The highest BCUT2D eigenvalue weighted by Gasteiger charge is 2.06. The molecule has 0 amide bonds. The Morgan fingerprint density at radius 3 is 2.30 bits per heavy atom. The highest BCUT2D eigenvalue weighted by molar-refractivity contribution is 6.06. The number of non-ortho nitro benzene ring substituents is 1. The Morgan fingerprint density at radius 2 is 1.59 bits per heavy atom. The Morgan fingerprint density at radius 1 is 0.926 bits per heavy atom. The molecule has 0 saturated heterocycles. The molecule has 0 aromatic heterocycles. The van der Waals surface area contributed by atoms with Crippen molar-refractivity contribution < 1.29 is 14.5 Å². The Bertz CT molecular complexity index is 963. The summed E-state index contributed by atoms with van der Waals surface area (Å²) in [5.41, 5.74) is 2.27. The van der Waals surface area contributed by atoms with Gasteiger partial charge in [0.25, 0.3) is 5.69 Å². The van der Waals surface area contributed by atoms with E-state index in [1.807, 2.05) is 42.5 Å². The van der Waals surface area contributed by atoms with Crippen LogP contribution in [0.25, 0.3) is 6.08 Å². The third kappa shape index (κ3) is 4.89. The average molecular weight is 359 g/mol. The number of hydrogen-bond acceptors (Lipinski definition) is 4. The van der Waals surface area contributed by atoms with Crippen molar-refractivity contribution >= 4 is 17.5 Å². The van der Waals surface area contributed by atoms with Gasteiger partial charge in [-0.05, 0) is 35.9 Å². The van der Waals surface area contributed by atoms with E-state index in [0.717, 1.165) is 11.1 Å². The maximum Gasteiger partial charge on any atom is 0.269 e. The zero-order valence-corrected chi connectivity index (χ0v) is 14.4. The SMILES string of the molecule is O=C(/C=C/c1ccccc1OCc1ccc([N+](=O)[O-])cc1)c1ccccc1. The molecule has 27 heavy (non-hydrogen) atoms. The zero-order chi connectivity index (χ0) is 19.1. The molecule has 0 N–H and O–H groups in total. The predicted molar refractivity (Wildman–Crippen MR) is 104 cm³/mol. The van der Waals surface area contributed by atoms with Crippen LogP contribution in [-0.2, 0) is 6.61 Å². The summed E-state index contributed by atoms with van der Waals surface area (Å²) in [6.07, 6.45) is 3.24. The van der Waals surface area contributed by atoms with Crippen LogP contribution in [0.3, 0.4) is 0 Å². The Kier molecular flexibility index (Phi) is 5.74. The van der Waals surface area contributed by atoms with Crippen molar-refractivity contribution in [2.45, 2.75) is 6.61 Å². The maximum atomic E-state index is 12.2. The molecule has 3 aromatic carbocycles. The number of nitro benzene ring substituents is 1. The van der Waals surface area contributed by atoms with Crippen LogP contribution in [0.5, 0.6) is 5.75 Å². The fourth-order valence-corrected chi connectivity index (χ4v) is 2.49. The standard InChI is InChI=1S/C22H17NO4/c24-21(18-6-2-1-3-7-18)15-12-19-8-4-5-9-22(19)27-16-17-10-13-20(14-11-17)23(25)26/h1-15H,16H2/b15-12+. The number of benzene rings is 3. The molecule has 0 bridgehead atoms. The van der Waals surface area contributed by atoms with Crippen LogP contribution in [0, 0.1) is 10.1 Å². The number of ketones is 1. The molecule has 0 saturated carbocycles. The minimum Gasteiger partial charge on any atom is -0.488 e. The summed E-state index contributed by atoms with van der Waals surface area (Å²) < 4.78 is 5.83. The van der Waals surface area contributed by atoms with E-state index in [9.17, 15) is 14.9 Å². The Hall–Kier alpha value is -3.73. The lowest BCUT2D eigenvalue weighted by molar-refractivity contribution is -0.384. The third-order valence-corrected chi connectivity index (χ3v) is 3.93. The van der Waals surface area contributed by atoms with E-state index in [0.29, 0.717) is 11.3 Å². The second-order valence-corrected chi connectivity index (χ2v) is 5.81. The van der Waals surface area contributed by atoms with Crippen molar-refractivity contribution in [3.05, 3.63) is 112 Å². The van der Waals surface area contributed by atoms with Gasteiger partial charge in [-0.15, -0.1) is 0 Å². The average Bonchev–Trinajstić information content (AvgIpc) is 2.72. The summed E-state index contributed by atoms with van der Waals surface area (Å²) in [6, 6.07) is 22.7. The first kappa shape index (κ1) is 18.1. The van der Waals surface area contributed by atoms with Crippen LogP contribution in [0.1, 0.15) is 21.5 Å². The number of carbonyl (C=O) groups is 1. The summed E-state index contributed by atoms with van der Waals surface area (Å²) in [4.78, 5) is 22.5. The molecular weight excluding hydrogens is 342 g/mol.